The first-order valence-electron chi connectivity index (χ1n) is 5.97. The lowest BCUT2D eigenvalue weighted by Crippen LogP contribution is -2.33. The average Bonchev–Trinajstić information content (AvgIpc) is 2.34. The molecule has 0 saturated carbocycles. The van der Waals surface area contributed by atoms with E-state index in [1.165, 1.54) is 6.07 Å². The normalized spacial score (nSPS) is 12.5. The first-order valence-corrected chi connectivity index (χ1v) is 5.97. The minimum atomic E-state index is -0.928. The summed E-state index contributed by atoms with van der Waals surface area (Å²) in [6, 6.07) is 6.30. The highest BCUT2D eigenvalue weighted by molar-refractivity contribution is 5.81. The second-order valence-electron chi connectivity index (χ2n) is 4.53. The van der Waals surface area contributed by atoms with Crippen molar-refractivity contribution in [1.29, 1.82) is 0 Å². The monoisotopic (exact) mass is 261 g/mol. The molecule has 0 aliphatic carbocycles. The summed E-state index contributed by atoms with van der Waals surface area (Å²) in [7, 11) is 0. The molecule has 0 amide bonds. The van der Waals surface area contributed by atoms with Crippen molar-refractivity contribution in [2.45, 2.75) is 26.4 Å². The lowest BCUT2D eigenvalue weighted by Gasteiger charge is -2.10. The molecule has 1 heterocycles. The van der Waals surface area contributed by atoms with Gasteiger partial charge in [-0.25, -0.2) is 4.79 Å². The van der Waals surface area contributed by atoms with Gasteiger partial charge in [0.1, 0.15) is 11.6 Å². The molecule has 0 unspecified atom stereocenters. The summed E-state index contributed by atoms with van der Waals surface area (Å²) >= 11 is 0. The molecule has 2 N–H and O–H groups in total. The van der Waals surface area contributed by atoms with Crippen molar-refractivity contribution < 1.29 is 14.3 Å². The minimum Gasteiger partial charge on any atom is -0.480 e. The van der Waals surface area contributed by atoms with Crippen LogP contribution in [0, 0.1) is 6.92 Å². The van der Waals surface area contributed by atoms with Gasteiger partial charge in [0.2, 0.25) is 0 Å². The van der Waals surface area contributed by atoms with Crippen LogP contribution in [-0.2, 0) is 11.3 Å². The predicted molar refractivity (Wildman–Crippen MR) is 71.2 cm³/mol. The number of hydrogen-bond acceptors (Lipinski definition) is 4. The molecule has 0 radical (unpaired) electrons. The maximum absolute atomic E-state index is 11.5. The predicted octanol–water partition coefficient (Wildman–Crippen LogP) is 1.66. The van der Waals surface area contributed by atoms with Crippen molar-refractivity contribution in [2.24, 2.45) is 0 Å². The molecule has 0 aliphatic heterocycles. The maximum Gasteiger partial charge on any atom is 0.336 e. The van der Waals surface area contributed by atoms with E-state index in [1.807, 2.05) is 19.1 Å². The van der Waals surface area contributed by atoms with Crippen molar-refractivity contribution in [3.63, 3.8) is 0 Å². The van der Waals surface area contributed by atoms with Crippen LogP contribution in [-0.4, -0.2) is 17.1 Å². The summed E-state index contributed by atoms with van der Waals surface area (Å²) in [5.41, 5.74) is 1.82. The Morgan fingerprint density at radius 2 is 2.16 bits per heavy atom. The van der Waals surface area contributed by atoms with Crippen LogP contribution >= 0.6 is 0 Å². The van der Waals surface area contributed by atoms with E-state index in [0.717, 1.165) is 16.5 Å². The molecule has 5 heteroatoms. The van der Waals surface area contributed by atoms with E-state index in [-0.39, 0.29) is 0 Å². The molecule has 100 valence electrons. The highest BCUT2D eigenvalue weighted by Crippen LogP contribution is 2.18. The first-order chi connectivity index (χ1) is 8.97. The zero-order valence-electron chi connectivity index (χ0n) is 10.8. The first kappa shape index (κ1) is 13.3. The van der Waals surface area contributed by atoms with Gasteiger partial charge in [0.05, 0.1) is 0 Å². The van der Waals surface area contributed by atoms with Gasteiger partial charge in [-0.3, -0.25) is 4.79 Å². The average molecular weight is 261 g/mol. The fourth-order valence-electron chi connectivity index (χ4n) is 1.83. The van der Waals surface area contributed by atoms with Crippen LogP contribution in [0.4, 0.5) is 0 Å². The van der Waals surface area contributed by atoms with Crippen molar-refractivity contribution in [3.05, 3.63) is 45.8 Å². The van der Waals surface area contributed by atoms with Crippen LogP contribution < -0.4 is 10.9 Å². The molecule has 0 aliphatic rings. The Morgan fingerprint density at radius 1 is 1.42 bits per heavy atom. The Kier molecular flexibility index (Phi) is 3.66. The molecule has 1 atom stereocenters. The Labute approximate surface area is 109 Å². The molecular weight excluding hydrogens is 246 g/mol. The molecule has 2 rings (SSSR count). The quantitative estimate of drug-likeness (QED) is 0.818. The SMILES string of the molecule is Cc1ccc2c(CN[C@H](C)C(=O)O)cc(=O)oc2c1. The topological polar surface area (TPSA) is 79.5 Å². The van der Waals surface area contributed by atoms with Crippen molar-refractivity contribution >= 4 is 16.9 Å². The third-order valence-electron chi connectivity index (χ3n) is 2.95. The lowest BCUT2D eigenvalue weighted by molar-refractivity contribution is -0.139. The highest BCUT2D eigenvalue weighted by atomic mass is 16.4. The second kappa shape index (κ2) is 5.24. The van der Waals surface area contributed by atoms with E-state index in [9.17, 15) is 9.59 Å². The van der Waals surface area contributed by atoms with Crippen molar-refractivity contribution in [3.8, 4) is 0 Å². The molecule has 0 fully saturated rings. The van der Waals surface area contributed by atoms with E-state index >= 15 is 0 Å². The van der Waals surface area contributed by atoms with Crippen LogP contribution in [0.25, 0.3) is 11.0 Å². The summed E-state index contributed by atoms with van der Waals surface area (Å²) in [6.45, 7) is 3.77. The molecule has 0 saturated heterocycles. The number of carbonyl (C=O) groups is 1. The number of carboxylic acids is 1. The fourth-order valence-corrected chi connectivity index (χ4v) is 1.83. The fraction of sp³-hybridized carbons (Fsp3) is 0.286. The van der Waals surface area contributed by atoms with Gasteiger partial charge in [-0.1, -0.05) is 12.1 Å². The summed E-state index contributed by atoms with van der Waals surface area (Å²) < 4.78 is 5.14. The molecule has 1 aromatic carbocycles. The molecule has 19 heavy (non-hydrogen) atoms. The standard InChI is InChI=1S/C14H15NO4/c1-8-3-4-11-10(7-15-9(2)14(17)18)6-13(16)19-12(11)5-8/h3-6,9,15H,7H2,1-2H3,(H,17,18)/t9-/m1/s1. The third-order valence-corrected chi connectivity index (χ3v) is 2.95. The van der Waals surface area contributed by atoms with Gasteiger partial charge in [0, 0.05) is 18.0 Å². The van der Waals surface area contributed by atoms with Crippen LogP contribution in [0.5, 0.6) is 0 Å². The summed E-state index contributed by atoms with van der Waals surface area (Å²) in [5.74, 6) is -0.928. The lowest BCUT2D eigenvalue weighted by atomic mass is 10.1. The Bertz CT molecular complexity index is 675. The zero-order valence-corrected chi connectivity index (χ0v) is 10.8. The summed E-state index contributed by atoms with van der Waals surface area (Å²) in [6.07, 6.45) is 0. The molecule has 2 aromatic rings. The zero-order chi connectivity index (χ0) is 14.0. The third kappa shape index (κ3) is 3.00. The number of benzene rings is 1. The van der Waals surface area contributed by atoms with Gasteiger partial charge in [-0.2, -0.15) is 0 Å². The summed E-state index contributed by atoms with van der Waals surface area (Å²) in [5, 5.41) is 12.5. The number of aliphatic carboxylic acids is 1. The van der Waals surface area contributed by atoms with E-state index in [0.29, 0.717) is 12.1 Å². The van der Waals surface area contributed by atoms with Gasteiger partial charge in [0.15, 0.2) is 0 Å². The summed E-state index contributed by atoms with van der Waals surface area (Å²) in [4.78, 5) is 22.2. The van der Waals surface area contributed by atoms with Gasteiger partial charge >= 0.3 is 11.6 Å². The molecule has 0 spiro atoms. The van der Waals surface area contributed by atoms with E-state index in [4.69, 9.17) is 9.52 Å². The van der Waals surface area contributed by atoms with Crippen LogP contribution in [0.2, 0.25) is 0 Å². The Hall–Kier alpha value is -2.14. The second-order valence-corrected chi connectivity index (χ2v) is 4.53. The van der Waals surface area contributed by atoms with E-state index in [1.54, 1.807) is 13.0 Å². The van der Waals surface area contributed by atoms with E-state index in [2.05, 4.69) is 5.32 Å². The van der Waals surface area contributed by atoms with Crippen LogP contribution in [0.1, 0.15) is 18.1 Å². The number of hydrogen-bond donors (Lipinski definition) is 2. The molecule has 1 aromatic heterocycles. The number of aryl methyl sites for hydroxylation is 1. The van der Waals surface area contributed by atoms with Crippen LogP contribution in [0.15, 0.2) is 33.5 Å². The Morgan fingerprint density at radius 3 is 2.84 bits per heavy atom. The van der Waals surface area contributed by atoms with Gasteiger partial charge < -0.3 is 14.8 Å². The number of rotatable bonds is 4. The van der Waals surface area contributed by atoms with Crippen molar-refractivity contribution in [2.75, 3.05) is 0 Å². The maximum atomic E-state index is 11.5. The van der Waals surface area contributed by atoms with Gasteiger partial charge in [0.25, 0.3) is 0 Å². The van der Waals surface area contributed by atoms with Gasteiger partial charge in [-0.05, 0) is 31.0 Å². The Balaban J connectivity index is 2.37. The van der Waals surface area contributed by atoms with Gasteiger partial charge in [-0.15, -0.1) is 0 Å². The van der Waals surface area contributed by atoms with Crippen molar-refractivity contribution in [1.82, 2.24) is 5.32 Å². The van der Waals surface area contributed by atoms with E-state index < -0.39 is 17.6 Å². The number of nitrogens with one attached hydrogen (secondary N) is 1. The number of carboxylic acid groups (broad SMARTS) is 1. The van der Waals surface area contributed by atoms with Crippen LogP contribution in [0.3, 0.4) is 0 Å². The molecule has 0 bridgehead atoms. The minimum absolute atomic E-state index is 0.304. The highest BCUT2D eigenvalue weighted by Gasteiger charge is 2.11. The molecule has 5 nitrogen and oxygen atoms in total. The smallest absolute Gasteiger partial charge is 0.336 e. The number of fused-ring (bicyclic) bond motifs is 1. The largest absolute Gasteiger partial charge is 0.480 e. The molecular formula is C14H15NO4.